The molecular weight excluding hydrogens is 267 g/mol. The van der Waals surface area contributed by atoms with Crippen LogP contribution in [0.15, 0.2) is 12.3 Å². The van der Waals surface area contributed by atoms with E-state index in [-0.39, 0.29) is 0 Å². The van der Waals surface area contributed by atoms with Crippen LogP contribution in [-0.2, 0) is 25.3 Å². The summed E-state index contributed by atoms with van der Waals surface area (Å²) in [5.41, 5.74) is -2.11. The van der Waals surface area contributed by atoms with E-state index in [1.165, 1.54) is 11.4 Å². The molecule has 0 amide bonds. The minimum atomic E-state index is -2.11. The van der Waals surface area contributed by atoms with Crippen LogP contribution in [0.2, 0.25) is 19.6 Å². The summed E-state index contributed by atoms with van der Waals surface area (Å²) in [7, 11) is 1.72. The Morgan fingerprint density at radius 3 is 2.20 bits per heavy atom. The van der Waals surface area contributed by atoms with Gasteiger partial charge in [-0.1, -0.05) is 11.4 Å². The van der Waals surface area contributed by atoms with Crippen molar-refractivity contribution in [1.82, 2.24) is 0 Å². The van der Waals surface area contributed by atoms with E-state index in [0.29, 0.717) is 0 Å². The van der Waals surface area contributed by atoms with Crippen molar-refractivity contribution < 1.29 is 13.5 Å². The van der Waals surface area contributed by atoms with Gasteiger partial charge in [-0.2, -0.15) is 0 Å². The molecule has 0 aromatic heterocycles. The third-order valence-corrected chi connectivity index (χ3v) is 7.82. The molecule has 0 aliphatic rings. The Labute approximate surface area is 103 Å². The largest absolute Gasteiger partial charge is 0.550 e. The number of hydrogen-bond acceptors (Lipinski definition) is 5. The van der Waals surface area contributed by atoms with Gasteiger partial charge in [-0.15, -0.1) is 0 Å². The summed E-state index contributed by atoms with van der Waals surface area (Å²) in [6, 6.07) is 0. The lowest BCUT2D eigenvalue weighted by Gasteiger charge is -2.16. The second-order valence-electron chi connectivity index (χ2n) is 3.71. The van der Waals surface area contributed by atoms with Gasteiger partial charge in [0.25, 0.3) is 0 Å². The molecule has 0 aromatic carbocycles. The van der Waals surface area contributed by atoms with Crippen molar-refractivity contribution in [3.05, 3.63) is 12.3 Å². The average Bonchev–Trinajstić information content (AvgIpc) is 2.15. The number of hydrogen-bond donors (Lipinski definition) is 0. The van der Waals surface area contributed by atoms with Gasteiger partial charge in [-0.05, 0) is 37.5 Å². The van der Waals surface area contributed by atoms with Crippen molar-refractivity contribution in [3.63, 3.8) is 0 Å². The Morgan fingerprint density at radius 1 is 1.27 bits per heavy atom. The summed E-state index contributed by atoms with van der Waals surface area (Å²) >= 11 is 6.70. The molecule has 3 nitrogen and oxygen atoms in total. The molecule has 0 radical (unpaired) electrons. The highest BCUT2D eigenvalue weighted by Crippen LogP contribution is 2.59. The Morgan fingerprint density at radius 2 is 1.80 bits per heavy atom. The van der Waals surface area contributed by atoms with Crippen LogP contribution in [0.1, 0.15) is 0 Å². The third-order valence-electron chi connectivity index (χ3n) is 1.29. The van der Waals surface area contributed by atoms with E-state index in [1.54, 1.807) is 20.5 Å². The first-order chi connectivity index (χ1) is 6.83. The zero-order valence-electron chi connectivity index (χ0n) is 9.85. The molecule has 0 heterocycles. The lowest BCUT2D eigenvalue weighted by molar-refractivity contribution is 0.354. The maximum absolute atomic E-state index is 5.55. The van der Waals surface area contributed by atoms with Crippen molar-refractivity contribution in [2.75, 3.05) is 20.0 Å². The Hall–Kier alpha value is 0.677. The molecule has 0 atom stereocenters. The fourth-order valence-corrected chi connectivity index (χ4v) is 3.80. The van der Waals surface area contributed by atoms with Crippen LogP contribution >= 0.6 is 17.1 Å². The second kappa shape index (κ2) is 7.09. The van der Waals surface area contributed by atoms with E-state index in [0.717, 1.165) is 5.75 Å². The molecule has 90 valence electrons. The van der Waals surface area contributed by atoms with Gasteiger partial charge in [0.15, 0.2) is 0 Å². The molecule has 0 aliphatic carbocycles. The Kier molecular flexibility index (Phi) is 7.41. The quantitative estimate of drug-likeness (QED) is 0.405. The Bertz CT molecular complexity index is 245. The normalized spacial score (nSPS) is 13.4. The van der Waals surface area contributed by atoms with Gasteiger partial charge < -0.3 is 13.5 Å². The minimum absolute atomic E-state index is 0.753. The summed E-state index contributed by atoms with van der Waals surface area (Å²) in [6.45, 7) is 6.41. The van der Waals surface area contributed by atoms with Crippen LogP contribution in [0.25, 0.3) is 0 Å². The second-order valence-corrected chi connectivity index (χ2v) is 14.7. The maximum Gasteiger partial charge on any atom is 0.247 e. The lowest BCUT2D eigenvalue weighted by atomic mass is 10.7. The number of rotatable bonds is 7. The first kappa shape index (κ1) is 15.7. The molecule has 0 rings (SSSR count). The van der Waals surface area contributed by atoms with Crippen molar-refractivity contribution in [2.24, 2.45) is 0 Å². The molecule has 0 bridgehead atoms. The van der Waals surface area contributed by atoms with Crippen molar-refractivity contribution >= 4 is 37.2 Å². The summed E-state index contributed by atoms with van der Waals surface area (Å²) < 4.78 is 15.8. The van der Waals surface area contributed by atoms with Crippen LogP contribution in [0.4, 0.5) is 0 Å². The van der Waals surface area contributed by atoms with E-state index in [4.69, 9.17) is 25.3 Å². The summed E-state index contributed by atoms with van der Waals surface area (Å²) in [5.74, 6) is 0.753. The highest BCUT2D eigenvalue weighted by atomic mass is 32.9. The average molecular weight is 286 g/mol. The van der Waals surface area contributed by atoms with E-state index in [9.17, 15) is 0 Å². The van der Waals surface area contributed by atoms with Gasteiger partial charge >= 0.3 is 0 Å². The van der Waals surface area contributed by atoms with Gasteiger partial charge in [-0.3, -0.25) is 0 Å². The molecular formula is C8H19O3PS2Si. The predicted octanol–water partition coefficient (Wildman–Crippen LogP) is 3.60. The van der Waals surface area contributed by atoms with E-state index in [1.807, 2.05) is 6.08 Å². The lowest BCUT2D eigenvalue weighted by Crippen LogP contribution is -2.21. The third kappa shape index (κ3) is 8.48. The molecule has 0 fully saturated rings. The molecule has 0 saturated heterocycles. The first-order valence-electron chi connectivity index (χ1n) is 4.52. The zero-order valence-corrected chi connectivity index (χ0v) is 13.4. The molecule has 7 heteroatoms. The van der Waals surface area contributed by atoms with E-state index >= 15 is 0 Å². The fourth-order valence-electron chi connectivity index (χ4n) is 0.606. The van der Waals surface area contributed by atoms with Crippen LogP contribution in [0.3, 0.4) is 0 Å². The molecule has 15 heavy (non-hydrogen) atoms. The topological polar surface area (TPSA) is 27.7 Å². The SMILES string of the molecule is COP(=S)(OC)SC/C=C\O[Si](C)(C)C. The van der Waals surface area contributed by atoms with Crippen LogP contribution in [-0.4, -0.2) is 28.3 Å². The van der Waals surface area contributed by atoms with Gasteiger partial charge in [-0.25, -0.2) is 0 Å². The minimum Gasteiger partial charge on any atom is -0.550 e. The summed E-state index contributed by atoms with van der Waals surface area (Å²) in [4.78, 5) is 0. The van der Waals surface area contributed by atoms with Crippen molar-refractivity contribution in [3.8, 4) is 0 Å². The molecule has 0 N–H and O–H groups in total. The predicted molar refractivity (Wildman–Crippen MR) is 74.3 cm³/mol. The Balaban J connectivity index is 3.84. The molecule has 0 aromatic rings. The van der Waals surface area contributed by atoms with E-state index in [2.05, 4.69) is 19.6 Å². The molecule has 0 aliphatic heterocycles. The molecule has 0 saturated carbocycles. The van der Waals surface area contributed by atoms with Crippen molar-refractivity contribution in [1.29, 1.82) is 0 Å². The smallest absolute Gasteiger partial charge is 0.247 e. The first-order valence-corrected chi connectivity index (χ1v) is 12.2. The highest BCUT2D eigenvalue weighted by Gasteiger charge is 2.15. The van der Waals surface area contributed by atoms with Crippen LogP contribution in [0.5, 0.6) is 0 Å². The van der Waals surface area contributed by atoms with E-state index < -0.39 is 14.0 Å². The highest BCUT2D eigenvalue weighted by molar-refractivity contribution is 8.67. The zero-order chi connectivity index (χ0) is 11.9. The van der Waals surface area contributed by atoms with Gasteiger partial charge in [0.2, 0.25) is 14.0 Å². The monoisotopic (exact) mass is 286 g/mol. The summed E-state index contributed by atoms with van der Waals surface area (Å²) in [5, 5.41) is 0. The van der Waals surface area contributed by atoms with Crippen LogP contribution in [0, 0.1) is 0 Å². The van der Waals surface area contributed by atoms with Gasteiger partial charge in [0.05, 0.1) is 6.26 Å². The summed E-state index contributed by atoms with van der Waals surface area (Å²) in [6.07, 6.45) is 3.70. The van der Waals surface area contributed by atoms with Gasteiger partial charge in [0.1, 0.15) is 0 Å². The molecule has 0 unspecified atom stereocenters. The van der Waals surface area contributed by atoms with Crippen molar-refractivity contribution in [2.45, 2.75) is 19.6 Å². The van der Waals surface area contributed by atoms with Gasteiger partial charge in [0, 0.05) is 20.0 Å². The molecule has 0 spiro atoms. The van der Waals surface area contributed by atoms with Crippen LogP contribution < -0.4 is 0 Å². The maximum atomic E-state index is 5.55. The fraction of sp³-hybridized carbons (Fsp3) is 0.750. The standard InChI is InChI=1S/C8H19O3PS2Si/c1-9-12(13,10-2)14-8-6-7-11-15(3,4)5/h6-7H,8H2,1-5H3/b7-6-.